The van der Waals surface area contributed by atoms with Crippen LogP contribution in [0.2, 0.25) is 0 Å². The highest BCUT2D eigenvalue weighted by molar-refractivity contribution is 4.67. The van der Waals surface area contributed by atoms with Gasteiger partial charge in [-0.2, -0.15) is 0 Å². The summed E-state index contributed by atoms with van der Waals surface area (Å²) in [6.07, 6.45) is 0. The van der Waals surface area contributed by atoms with E-state index in [4.69, 9.17) is 5.11 Å². The zero-order valence-electron chi connectivity index (χ0n) is 11.2. The predicted molar refractivity (Wildman–Crippen MR) is 64.4 cm³/mol. The average Bonchev–Trinajstić information content (AvgIpc) is 1.86. The minimum absolute atomic E-state index is 0. The van der Waals surface area contributed by atoms with Crippen molar-refractivity contribution in [2.75, 3.05) is 0 Å². The molecule has 90 valence electrons. The second-order valence-electron chi connectivity index (χ2n) is 5.30. The van der Waals surface area contributed by atoms with E-state index >= 15 is 0 Å². The molecule has 0 aliphatic carbocycles. The molecule has 14 heavy (non-hydrogen) atoms. The number of rotatable bonds is 2. The Bertz CT molecular complexity index is 104. The molecule has 0 heterocycles. The molecule has 0 fully saturated rings. The van der Waals surface area contributed by atoms with E-state index in [0.29, 0.717) is 5.92 Å². The maximum absolute atomic E-state index is 9.09. The summed E-state index contributed by atoms with van der Waals surface area (Å²) in [5, 5.41) is 9.09. The number of hydrogen-bond donors (Lipinski definition) is 1. The van der Waals surface area contributed by atoms with Gasteiger partial charge in [0.15, 0.2) is 0 Å². The molecule has 0 aromatic rings. The molecule has 2 nitrogen and oxygen atoms in total. The van der Waals surface area contributed by atoms with E-state index in [9.17, 15) is 0 Å². The molecule has 0 radical (unpaired) electrons. The van der Waals surface area contributed by atoms with E-state index in [0.717, 1.165) is 11.8 Å². The fourth-order valence-corrected chi connectivity index (χ4v) is 0. The zero-order valence-corrected chi connectivity index (χ0v) is 11.2. The van der Waals surface area contributed by atoms with Crippen LogP contribution in [-0.4, -0.2) is 16.2 Å². The summed E-state index contributed by atoms with van der Waals surface area (Å²) in [6.45, 7) is 16.6. The minimum atomic E-state index is -0.500. The molecule has 0 atom stereocenters. The molecule has 0 spiro atoms. The highest BCUT2D eigenvalue weighted by Crippen LogP contribution is 2.13. The van der Waals surface area contributed by atoms with Crippen LogP contribution in [0.25, 0.3) is 0 Å². The second-order valence-corrected chi connectivity index (χ2v) is 5.30. The molecule has 0 amide bonds. The normalized spacial score (nSPS) is 11.1. The van der Waals surface area contributed by atoms with Crippen LogP contribution in [-0.2, 0) is 0 Å². The fraction of sp³-hybridized carbons (Fsp3) is 1.00. The van der Waals surface area contributed by atoms with Gasteiger partial charge in [0.25, 0.3) is 0 Å². The first-order valence-electron chi connectivity index (χ1n) is 5.31. The molecule has 0 rings (SSSR count). The van der Waals surface area contributed by atoms with Gasteiger partial charge in [0.2, 0.25) is 0 Å². The lowest BCUT2D eigenvalue weighted by Gasteiger charge is -2.21. The average molecular weight is 206 g/mol. The minimum Gasteiger partial charge on any atom is -0.412 e. The molecular formula is C12H30O2. The van der Waals surface area contributed by atoms with E-state index in [2.05, 4.69) is 27.7 Å². The Kier molecular flexibility index (Phi) is 11.5. The highest BCUT2D eigenvalue weighted by atomic mass is 16.3. The molecule has 0 bridgehead atoms. The van der Waals surface area contributed by atoms with Crippen molar-refractivity contribution in [3.63, 3.8) is 0 Å². The highest BCUT2D eigenvalue weighted by Gasteiger charge is 2.16. The van der Waals surface area contributed by atoms with E-state index in [1.165, 1.54) is 0 Å². The summed E-state index contributed by atoms with van der Waals surface area (Å²) in [6, 6.07) is 0. The lowest BCUT2D eigenvalue weighted by molar-refractivity contribution is 0.0327. The predicted octanol–water partition coefficient (Wildman–Crippen LogP) is 2.89. The molecule has 0 aliphatic heterocycles. The summed E-state index contributed by atoms with van der Waals surface area (Å²) < 4.78 is 0. The van der Waals surface area contributed by atoms with E-state index < -0.39 is 5.60 Å². The van der Waals surface area contributed by atoms with Gasteiger partial charge in [0.1, 0.15) is 0 Å². The Labute approximate surface area is 90.0 Å². The van der Waals surface area contributed by atoms with Crippen molar-refractivity contribution in [2.45, 2.75) is 61.0 Å². The van der Waals surface area contributed by atoms with Gasteiger partial charge >= 0.3 is 0 Å². The topological polar surface area (TPSA) is 51.7 Å². The van der Waals surface area contributed by atoms with Crippen LogP contribution in [0.5, 0.6) is 0 Å². The first-order valence-corrected chi connectivity index (χ1v) is 5.31. The standard InChI is InChI=1S/C6H14O.C6H14.H2O/c1-5(2)6(3,4)7;1-5(2)6(3)4;/h5,7H,1-4H3;5-6H,1-4H3;1H2. The van der Waals surface area contributed by atoms with Crippen molar-refractivity contribution in [3.05, 3.63) is 0 Å². The molecule has 0 unspecified atom stereocenters. The monoisotopic (exact) mass is 206 g/mol. The van der Waals surface area contributed by atoms with Crippen LogP contribution in [0.1, 0.15) is 55.4 Å². The summed E-state index contributed by atoms with van der Waals surface area (Å²) in [5.41, 5.74) is -0.500. The van der Waals surface area contributed by atoms with Crippen LogP contribution in [0, 0.1) is 17.8 Å². The molecule has 3 N–H and O–H groups in total. The summed E-state index contributed by atoms with van der Waals surface area (Å²) in [5.74, 6) is 2.06. The van der Waals surface area contributed by atoms with E-state index in [1.54, 1.807) is 0 Å². The molecule has 0 saturated heterocycles. The summed E-state index contributed by atoms with van der Waals surface area (Å²) >= 11 is 0. The van der Waals surface area contributed by atoms with Crippen molar-refractivity contribution < 1.29 is 10.6 Å². The first-order chi connectivity index (χ1) is 5.59. The summed E-state index contributed by atoms with van der Waals surface area (Å²) in [4.78, 5) is 0. The fourth-order valence-electron chi connectivity index (χ4n) is 0. The van der Waals surface area contributed by atoms with Gasteiger partial charge in [-0.15, -0.1) is 0 Å². The third-order valence-electron chi connectivity index (χ3n) is 2.75. The smallest absolute Gasteiger partial charge is 0.0614 e. The second kappa shape index (κ2) is 8.25. The van der Waals surface area contributed by atoms with Gasteiger partial charge in [0.05, 0.1) is 5.60 Å². The Balaban J connectivity index is -0.000000163. The Hall–Kier alpha value is -0.0800. The lowest BCUT2D eigenvalue weighted by atomic mass is 9.95. The van der Waals surface area contributed by atoms with Crippen LogP contribution in [0.4, 0.5) is 0 Å². The third kappa shape index (κ3) is 14.4. The van der Waals surface area contributed by atoms with Gasteiger partial charge in [0, 0.05) is 0 Å². The molecule has 0 aliphatic rings. The van der Waals surface area contributed by atoms with Crippen LogP contribution < -0.4 is 0 Å². The van der Waals surface area contributed by atoms with E-state index in [1.807, 2.05) is 27.7 Å². The van der Waals surface area contributed by atoms with Crippen molar-refractivity contribution in [1.82, 2.24) is 0 Å². The maximum atomic E-state index is 9.09. The quantitative estimate of drug-likeness (QED) is 0.742. The van der Waals surface area contributed by atoms with Crippen molar-refractivity contribution in [1.29, 1.82) is 0 Å². The third-order valence-corrected chi connectivity index (χ3v) is 2.75. The van der Waals surface area contributed by atoms with Gasteiger partial charge in [-0.3, -0.25) is 0 Å². The Morgan fingerprint density at radius 1 is 0.786 bits per heavy atom. The number of aliphatic hydroxyl groups is 1. The molecule has 0 aromatic heterocycles. The molecule has 2 heteroatoms. The maximum Gasteiger partial charge on any atom is 0.0614 e. The van der Waals surface area contributed by atoms with Crippen molar-refractivity contribution in [2.24, 2.45) is 17.8 Å². The van der Waals surface area contributed by atoms with Gasteiger partial charge in [-0.1, -0.05) is 41.5 Å². The lowest BCUT2D eigenvalue weighted by Crippen LogP contribution is -2.25. The Morgan fingerprint density at radius 3 is 0.929 bits per heavy atom. The van der Waals surface area contributed by atoms with Gasteiger partial charge in [-0.05, 0) is 31.6 Å². The van der Waals surface area contributed by atoms with Crippen LogP contribution in [0.3, 0.4) is 0 Å². The van der Waals surface area contributed by atoms with Crippen LogP contribution >= 0.6 is 0 Å². The largest absolute Gasteiger partial charge is 0.412 e. The van der Waals surface area contributed by atoms with Gasteiger partial charge in [-0.25, -0.2) is 0 Å². The number of hydrogen-bond acceptors (Lipinski definition) is 1. The van der Waals surface area contributed by atoms with Crippen LogP contribution in [0.15, 0.2) is 0 Å². The van der Waals surface area contributed by atoms with Crippen molar-refractivity contribution >= 4 is 0 Å². The Morgan fingerprint density at radius 2 is 0.929 bits per heavy atom. The van der Waals surface area contributed by atoms with Gasteiger partial charge < -0.3 is 10.6 Å². The molecule has 0 saturated carbocycles. The summed E-state index contributed by atoms with van der Waals surface area (Å²) in [7, 11) is 0. The molecule has 0 aromatic carbocycles. The SMILES string of the molecule is CC(C)C(C)(C)O.CC(C)C(C)C.O. The van der Waals surface area contributed by atoms with Crippen molar-refractivity contribution in [3.8, 4) is 0 Å². The first kappa shape index (κ1) is 19.5. The van der Waals surface area contributed by atoms with E-state index in [-0.39, 0.29) is 5.48 Å². The zero-order chi connectivity index (χ0) is 11.2. The molecular weight excluding hydrogens is 176 g/mol.